The fourth-order valence-electron chi connectivity index (χ4n) is 1.98. The minimum Gasteiger partial charge on any atom is -0.459 e. The van der Waals surface area contributed by atoms with Gasteiger partial charge in [0.1, 0.15) is 12.1 Å². The lowest BCUT2D eigenvalue weighted by molar-refractivity contribution is -0.150. The molecule has 112 valence electrons. The molecule has 0 fully saturated rings. The van der Waals surface area contributed by atoms with Crippen LogP contribution < -0.4 is 5.73 Å². The topological polar surface area (TPSA) is 52.3 Å². The molecule has 0 radical (unpaired) electrons. The standard InChI is InChI=1S/C17H19NO2.ClH/c1-17(18,12-14-8-4-2-5-9-14)16(19)20-13-15-10-6-3-7-11-15;/h2-11H,12-13,18H2,1H3;1H. The van der Waals surface area contributed by atoms with Gasteiger partial charge in [-0.15, -0.1) is 12.4 Å². The van der Waals surface area contributed by atoms with E-state index in [1.54, 1.807) is 6.92 Å². The van der Waals surface area contributed by atoms with Crippen LogP contribution in [0.15, 0.2) is 60.7 Å². The van der Waals surface area contributed by atoms with Gasteiger partial charge >= 0.3 is 5.97 Å². The molecule has 0 aliphatic heterocycles. The average molecular weight is 306 g/mol. The van der Waals surface area contributed by atoms with Crippen LogP contribution in [0.4, 0.5) is 0 Å². The van der Waals surface area contributed by atoms with Crippen LogP contribution in [0.25, 0.3) is 0 Å². The summed E-state index contributed by atoms with van der Waals surface area (Å²) in [6, 6.07) is 19.3. The molecular weight excluding hydrogens is 286 g/mol. The zero-order valence-electron chi connectivity index (χ0n) is 12.0. The molecule has 1 unspecified atom stereocenters. The molecule has 0 saturated heterocycles. The van der Waals surface area contributed by atoms with Crippen molar-refractivity contribution in [2.75, 3.05) is 0 Å². The second-order valence-electron chi connectivity index (χ2n) is 5.14. The molecule has 0 aliphatic rings. The number of rotatable bonds is 5. The highest BCUT2D eigenvalue weighted by molar-refractivity contribution is 5.85. The Kier molecular flexibility index (Phi) is 6.40. The highest BCUT2D eigenvalue weighted by Crippen LogP contribution is 2.13. The van der Waals surface area contributed by atoms with Crippen LogP contribution in [0.1, 0.15) is 18.1 Å². The Hall–Kier alpha value is -1.84. The molecule has 3 nitrogen and oxygen atoms in total. The molecule has 2 aromatic rings. The van der Waals surface area contributed by atoms with Crippen molar-refractivity contribution in [2.24, 2.45) is 5.73 Å². The molecule has 1 atom stereocenters. The largest absolute Gasteiger partial charge is 0.459 e. The number of halogens is 1. The van der Waals surface area contributed by atoms with Gasteiger partial charge in [-0.05, 0) is 18.1 Å². The fourth-order valence-corrected chi connectivity index (χ4v) is 1.98. The first-order valence-corrected chi connectivity index (χ1v) is 6.62. The van der Waals surface area contributed by atoms with Gasteiger partial charge in [-0.2, -0.15) is 0 Å². The Bertz CT molecular complexity index is 556. The predicted octanol–water partition coefficient (Wildman–Crippen LogP) is 3.11. The predicted molar refractivity (Wildman–Crippen MR) is 86.2 cm³/mol. The van der Waals surface area contributed by atoms with E-state index in [-0.39, 0.29) is 25.0 Å². The number of benzene rings is 2. The van der Waals surface area contributed by atoms with Gasteiger partial charge in [0, 0.05) is 6.42 Å². The van der Waals surface area contributed by atoms with Crippen LogP contribution in [0, 0.1) is 0 Å². The van der Waals surface area contributed by atoms with Gasteiger partial charge in [-0.3, -0.25) is 4.79 Å². The van der Waals surface area contributed by atoms with Crippen molar-refractivity contribution >= 4 is 18.4 Å². The normalized spacial score (nSPS) is 12.9. The number of carbonyl (C=O) groups is 1. The van der Waals surface area contributed by atoms with Gasteiger partial charge < -0.3 is 10.5 Å². The smallest absolute Gasteiger partial charge is 0.326 e. The minimum atomic E-state index is -1.02. The monoisotopic (exact) mass is 305 g/mol. The summed E-state index contributed by atoms with van der Waals surface area (Å²) in [7, 11) is 0. The van der Waals surface area contributed by atoms with E-state index in [1.807, 2.05) is 60.7 Å². The van der Waals surface area contributed by atoms with Crippen molar-refractivity contribution in [2.45, 2.75) is 25.5 Å². The summed E-state index contributed by atoms with van der Waals surface area (Å²) in [6.07, 6.45) is 0.460. The summed E-state index contributed by atoms with van der Waals surface area (Å²) in [5, 5.41) is 0. The van der Waals surface area contributed by atoms with Crippen molar-refractivity contribution in [1.29, 1.82) is 0 Å². The molecule has 4 heteroatoms. The van der Waals surface area contributed by atoms with E-state index in [0.717, 1.165) is 11.1 Å². The third-order valence-electron chi connectivity index (χ3n) is 3.09. The van der Waals surface area contributed by atoms with Crippen molar-refractivity contribution in [1.82, 2.24) is 0 Å². The van der Waals surface area contributed by atoms with Crippen LogP contribution in [-0.4, -0.2) is 11.5 Å². The minimum absolute atomic E-state index is 0. The number of ether oxygens (including phenoxy) is 1. The first kappa shape index (κ1) is 17.2. The SMILES string of the molecule is CC(N)(Cc1ccccc1)C(=O)OCc1ccccc1.Cl. The zero-order chi connectivity index (χ0) is 14.4. The summed E-state index contributed by atoms with van der Waals surface area (Å²) < 4.78 is 5.30. The molecule has 0 bridgehead atoms. The lowest BCUT2D eigenvalue weighted by Crippen LogP contribution is -2.48. The lowest BCUT2D eigenvalue weighted by Gasteiger charge is -2.22. The van der Waals surface area contributed by atoms with Crippen molar-refractivity contribution < 1.29 is 9.53 Å². The molecule has 0 heterocycles. The van der Waals surface area contributed by atoms with Gasteiger partial charge in [0.05, 0.1) is 0 Å². The zero-order valence-corrected chi connectivity index (χ0v) is 12.8. The van der Waals surface area contributed by atoms with E-state index >= 15 is 0 Å². The summed E-state index contributed by atoms with van der Waals surface area (Å²) >= 11 is 0. The summed E-state index contributed by atoms with van der Waals surface area (Å²) in [4.78, 5) is 12.1. The fraction of sp³-hybridized carbons (Fsp3) is 0.235. The molecule has 0 spiro atoms. The van der Waals surface area contributed by atoms with Crippen molar-refractivity contribution in [3.63, 3.8) is 0 Å². The Morgan fingerprint density at radius 1 is 1.00 bits per heavy atom. The lowest BCUT2D eigenvalue weighted by atomic mass is 9.94. The maximum Gasteiger partial charge on any atom is 0.326 e. The van der Waals surface area contributed by atoms with Crippen LogP contribution in [-0.2, 0) is 22.6 Å². The molecule has 0 amide bonds. The van der Waals surface area contributed by atoms with Crippen LogP contribution in [0.3, 0.4) is 0 Å². The molecule has 21 heavy (non-hydrogen) atoms. The highest BCUT2D eigenvalue weighted by Gasteiger charge is 2.30. The Morgan fingerprint density at radius 2 is 1.48 bits per heavy atom. The van der Waals surface area contributed by atoms with E-state index in [9.17, 15) is 4.79 Å². The van der Waals surface area contributed by atoms with Crippen molar-refractivity contribution in [3.8, 4) is 0 Å². The molecule has 2 aromatic carbocycles. The Morgan fingerprint density at radius 3 is 2.00 bits per heavy atom. The number of hydrogen-bond donors (Lipinski definition) is 1. The van der Waals surface area contributed by atoms with Gasteiger partial charge in [0.25, 0.3) is 0 Å². The van der Waals surface area contributed by atoms with E-state index in [2.05, 4.69) is 0 Å². The van der Waals surface area contributed by atoms with Gasteiger partial charge in [0.15, 0.2) is 0 Å². The van der Waals surface area contributed by atoms with E-state index in [4.69, 9.17) is 10.5 Å². The molecule has 0 aromatic heterocycles. The maximum atomic E-state index is 12.1. The average Bonchev–Trinajstić information content (AvgIpc) is 2.46. The molecule has 0 saturated carbocycles. The van der Waals surface area contributed by atoms with Gasteiger partial charge in [0.2, 0.25) is 0 Å². The van der Waals surface area contributed by atoms with Crippen LogP contribution >= 0.6 is 12.4 Å². The summed E-state index contributed by atoms with van der Waals surface area (Å²) in [6.45, 7) is 1.95. The first-order chi connectivity index (χ1) is 9.58. The quantitative estimate of drug-likeness (QED) is 0.864. The van der Waals surface area contributed by atoms with E-state index in [1.165, 1.54) is 0 Å². The molecule has 2 N–H and O–H groups in total. The highest BCUT2D eigenvalue weighted by atomic mass is 35.5. The second kappa shape index (κ2) is 7.81. The van der Waals surface area contributed by atoms with Gasteiger partial charge in [-0.1, -0.05) is 60.7 Å². The summed E-state index contributed by atoms with van der Waals surface area (Å²) in [5.74, 6) is -0.384. The first-order valence-electron chi connectivity index (χ1n) is 6.62. The van der Waals surface area contributed by atoms with Crippen LogP contribution in [0.2, 0.25) is 0 Å². The van der Waals surface area contributed by atoms with Crippen LogP contribution in [0.5, 0.6) is 0 Å². The summed E-state index contributed by atoms with van der Waals surface area (Å²) in [5.41, 5.74) is 7.04. The number of esters is 1. The number of carbonyl (C=O) groups excluding carboxylic acids is 1. The molecule has 0 aliphatic carbocycles. The van der Waals surface area contributed by atoms with E-state index < -0.39 is 5.54 Å². The Balaban J connectivity index is 0.00000220. The van der Waals surface area contributed by atoms with E-state index in [0.29, 0.717) is 6.42 Å². The molecule has 2 rings (SSSR count). The number of nitrogens with two attached hydrogens (primary N) is 1. The number of hydrogen-bond acceptors (Lipinski definition) is 3. The van der Waals surface area contributed by atoms with Crippen molar-refractivity contribution in [3.05, 3.63) is 71.8 Å². The maximum absolute atomic E-state index is 12.1. The Labute approximate surface area is 131 Å². The second-order valence-corrected chi connectivity index (χ2v) is 5.14. The third kappa shape index (κ3) is 5.21. The van der Waals surface area contributed by atoms with Gasteiger partial charge in [-0.25, -0.2) is 0 Å². The third-order valence-corrected chi connectivity index (χ3v) is 3.09. The molecular formula is C17H20ClNO2.